The van der Waals surface area contributed by atoms with Crippen LogP contribution in [0.15, 0.2) is 24.3 Å². The van der Waals surface area contributed by atoms with E-state index in [2.05, 4.69) is 11.6 Å². The number of carbonyl (C=O) groups excluding carboxylic acids is 1. The average Bonchev–Trinajstić information content (AvgIpc) is 2.89. The maximum absolute atomic E-state index is 12.2. The van der Waals surface area contributed by atoms with Crippen molar-refractivity contribution in [3.05, 3.63) is 35.4 Å². The van der Waals surface area contributed by atoms with Crippen molar-refractivity contribution in [3.63, 3.8) is 0 Å². The van der Waals surface area contributed by atoms with Gasteiger partial charge in [0.05, 0.1) is 12.1 Å². The number of thioether (sulfide) groups is 1. The van der Waals surface area contributed by atoms with Crippen LogP contribution in [0.4, 0.5) is 0 Å². The van der Waals surface area contributed by atoms with E-state index in [0.29, 0.717) is 5.56 Å². The summed E-state index contributed by atoms with van der Waals surface area (Å²) in [6.45, 7) is 0.0310. The van der Waals surface area contributed by atoms with Gasteiger partial charge in [-0.1, -0.05) is 25.0 Å². The smallest absolute Gasteiger partial charge is 0.251 e. The van der Waals surface area contributed by atoms with Gasteiger partial charge in [0.2, 0.25) is 0 Å². The summed E-state index contributed by atoms with van der Waals surface area (Å²) in [6, 6.07) is 7.71. The Balaban J connectivity index is 2.03. The van der Waals surface area contributed by atoms with Gasteiger partial charge in [0.1, 0.15) is 0 Å². The molecule has 1 saturated carbocycles. The first-order chi connectivity index (χ1) is 9.19. The monoisotopic (exact) mass is 279 g/mol. The van der Waals surface area contributed by atoms with Crippen LogP contribution in [0.2, 0.25) is 0 Å². The van der Waals surface area contributed by atoms with Gasteiger partial charge in [-0.15, -0.1) is 0 Å². The maximum Gasteiger partial charge on any atom is 0.251 e. The van der Waals surface area contributed by atoms with E-state index in [4.69, 9.17) is 0 Å². The third-order valence-corrected chi connectivity index (χ3v) is 4.39. The molecule has 0 atom stereocenters. The first-order valence-corrected chi connectivity index (χ1v) is 8.10. The van der Waals surface area contributed by atoms with Crippen molar-refractivity contribution in [1.29, 1.82) is 0 Å². The molecule has 4 heteroatoms. The number of carbonyl (C=O) groups is 1. The zero-order valence-corrected chi connectivity index (χ0v) is 12.1. The molecule has 0 bridgehead atoms. The molecule has 19 heavy (non-hydrogen) atoms. The maximum atomic E-state index is 12.2. The van der Waals surface area contributed by atoms with Crippen LogP contribution in [-0.4, -0.2) is 29.4 Å². The fourth-order valence-electron chi connectivity index (χ4n) is 2.61. The Morgan fingerprint density at radius 1 is 1.32 bits per heavy atom. The molecule has 0 unspecified atom stereocenters. The molecule has 0 saturated heterocycles. The van der Waals surface area contributed by atoms with Gasteiger partial charge in [-0.05, 0) is 36.8 Å². The topological polar surface area (TPSA) is 49.3 Å². The Morgan fingerprint density at radius 3 is 2.47 bits per heavy atom. The molecule has 1 aromatic carbocycles. The van der Waals surface area contributed by atoms with Crippen molar-refractivity contribution in [1.82, 2.24) is 5.32 Å². The number of aliphatic hydroxyl groups is 1. The van der Waals surface area contributed by atoms with Crippen LogP contribution in [0.3, 0.4) is 0 Å². The molecular formula is C15H21NO2S. The molecule has 1 aromatic rings. The number of benzene rings is 1. The summed E-state index contributed by atoms with van der Waals surface area (Å²) in [5, 5.41) is 12.5. The standard InChI is InChI=1S/C15H21NO2S/c1-19-10-12-4-6-13(7-5-12)14(18)16-15(11-17)8-2-3-9-15/h4-7,17H,2-3,8-11H2,1H3,(H,16,18). The fourth-order valence-corrected chi connectivity index (χ4v) is 3.13. The molecule has 1 aliphatic rings. The molecule has 2 N–H and O–H groups in total. The highest BCUT2D eigenvalue weighted by atomic mass is 32.2. The molecule has 104 valence electrons. The predicted molar refractivity (Wildman–Crippen MR) is 79.4 cm³/mol. The van der Waals surface area contributed by atoms with Gasteiger partial charge >= 0.3 is 0 Å². The molecule has 1 amide bonds. The SMILES string of the molecule is CSCc1ccc(C(=O)NC2(CO)CCCC2)cc1. The van der Waals surface area contributed by atoms with Gasteiger partial charge in [0.15, 0.2) is 0 Å². The number of amides is 1. The zero-order chi connectivity index (χ0) is 13.7. The van der Waals surface area contributed by atoms with Crippen LogP contribution in [-0.2, 0) is 5.75 Å². The molecule has 0 spiro atoms. The second kappa shape index (κ2) is 6.44. The molecule has 0 aliphatic heterocycles. The van der Waals surface area contributed by atoms with Crippen LogP contribution < -0.4 is 5.32 Å². The first-order valence-electron chi connectivity index (χ1n) is 6.70. The van der Waals surface area contributed by atoms with Crippen molar-refractivity contribution in [2.75, 3.05) is 12.9 Å². The van der Waals surface area contributed by atoms with Crippen molar-refractivity contribution in [2.24, 2.45) is 0 Å². The lowest BCUT2D eigenvalue weighted by Crippen LogP contribution is -2.49. The van der Waals surface area contributed by atoms with E-state index in [9.17, 15) is 9.90 Å². The number of hydrogen-bond donors (Lipinski definition) is 2. The third-order valence-electron chi connectivity index (χ3n) is 3.77. The molecule has 1 aliphatic carbocycles. The molecule has 1 fully saturated rings. The summed E-state index contributed by atoms with van der Waals surface area (Å²) in [6.07, 6.45) is 5.96. The Kier molecular flexibility index (Phi) is 4.88. The van der Waals surface area contributed by atoms with Gasteiger partial charge in [0.25, 0.3) is 5.91 Å². The summed E-state index contributed by atoms with van der Waals surface area (Å²) < 4.78 is 0. The Labute approximate surface area is 118 Å². The molecule has 0 aromatic heterocycles. The van der Waals surface area contributed by atoms with E-state index in [1.165, 1.54) is 5.56 Å². The molecular weight excluding hydrogens is 258 g/mol. The Morgan fingerprint density at radius 2 is 1.95 bits per heavy atom. The van der Waals surface area contributed by atoms with Crippen LogP contribution in [0, 0.1) is 0 Å². The van der Waals surface area contributed by atoms with E-state index >= 15 is 0 Å². The minimum absolute atomic E-state index is 0.0310. The highest BCUT2D eigenvalue weighted by Crippen LogP contribution is 2.29. The van der Waals surface area contributed by atoms with Crippen molar-refractivity contribution in [2.45, 2.75) is 37.0 Å². The van der Waals surface area contributed by atoms with Crippen LogP contribution >= 0.6 is 11.8 Å². The Hall–Kier alpha value is -1.00. The molecule has 0 radical (unpaired) electrons. The van der Waals surface area contributed by atoms with E-state index in [1.807, 2.05) is 24.3 Å². The summed E-state index contributed by atoms with van der Waals surface area (Å²) >= 11 is 1.76. The highest BCUT2D eigenvalue weighted by molar-refractivity contribution is 7.97. The van der Waals surface area contributed by atoms with Crippen molar-refractivity contribution >= 4 is 17.7 Å². The lowest BCUT2D eigenvalue weighted by molar-refractivity contribution is 0.0838. The molecule has 3 nitrogen and oxygen atoms in total. The third kappa shape index (κ3) is 3.51. The largest absolute Gasteiger partial charge is 0.394 e. The number of hydrogen-bond acceptors (Lipinski definition) is 3. The van der Waals surface area contributed by atoms with E-state index in [0.717, 1.165) is 31.4 Å². The lowest BCUT2D eigenvalue weighted by Gasteiger charge is -2.28. The normalized spacial score (nSPS) is 17.4. The number of rotatable bonds is 5. The van der Waals surface area contributed by atoms with Crippen LogP contribution in [0.5, 0.6) is 0 Å². The first kappa shape index (κ1) is 14.4. The predicted octanol–water partition coefficient (Wildman–Crippen LogP) is 2.58. The minimum atomic E-state index is -0.394. The summed E-state index contributed by atoms with van der Waals surface area (Å²) in [5.41, 5.74) is 1.50. The number of aliphatic hydroxyl groups excluding tert-OH is 1. The van der Waals surface area contributed by atoms with Gasteiger partial charge in [0, 0.05) is 11.3 Å². The van der Waals surface area contributed by atoms with Crippen molar-refractivity contribution in [3.8, 4) is 0 Å². The average molecular weight is 279 g/mol. The van der Waals surface area contributed by atoms with Gasteiger partial charge < -0.3 is 10.4 Å². The lowest BCUT2D eigenvalue weighted by atomic mass is 9.98. The second-order valence-electron chi connectivity index (χ2n) is 5.23. The second-order valence-corrected chi connectivity index (χ2v) is 6.10. The van der Waals surface area contributed by atoms with E-state index in [1.54, 1.807) is 11.8 Å². The summed E-state index contributed by atoms with van der Waals surface area (Å²) in [4.78, 5) is 12.2. The van der Waals surface area contributed by atoms with E-state index in [-0.39, 0.29) is 12.5 Å². The minimum Gasteiger partial charge on any atom is -0.394 e. The number of nitrogens with one attached hydrogen (secondary N) is 1. The van der Waals surface area contributed by atoms with E-state index < -0.39 is 5.54 Å². The zero-order valence-electron chi connectivity index (χ0n) is 11.3. The van der Waals surface area contributed by atoms with Crippen LogP contribution in [0.25, 0.3) is 0 Å². The summed E-state index contributed by atoms with van der Waals surface area (Å²) in [7, 11) is 0. The fraction of sp³-hybridized carbons (Fsp3) is 0.533. The van der Waals surface area contributed by atoms with Crippen LogP contribution in [0.1, 0.15) is 41.6 Å². The quantitative estimate of drug-likeness (QED) is 0.871. The van der Waals surface area contributed by atoms with Gasteiger partial charge in [-0.25, -0.2) is 0 Å². The molecule has 2 rings (SSSR count). The highest BCUT2D eigenvalue weighted by Gasteiger charge is 2.34. The van der Waals surface area contributed by atoms with Gasteiger partial charge in [-0.3, -0.25) is 4.79 Å². The molecule has 0 heterocycles. The van der Waals surface area contributed by atoms with Crippen molar-refractivity contribution < 1.29 is 9.90 Å². The Bertz CT molecular complexity index is 424. The summed E-state index contributed by atoms with van der Waals surface area (Å²) in [5.74, 6) is 0.884. The van der Waals surface area contributed by atoms with Gasteiger partial charge in [-0.2, -0.15) is 11.8 Å².